The Morgan fingerprint density at radius 2 is 1.86 bits per heavy atom. The van der Waals surface area contributed by atoms with Crippen molar-refractivity contribution in [2.45, 2.75) is 33.0 Å². The Morgan fingerprint density at radius 3 is 2.48 bits per heavy atom. The normalized spacial score (nSPS) is 12.4. The van der Waals surface area contributed by atoms with E-state index in [1.54, 1.807) is 24.3 Å². The molecule has 0 aliphatic heterocycles. The van der Waals surface area contributed by atoms with Gasteiger partial charge in [0.05, 0.1) is 5.69 Å². The molecule has 0 fully saturated rings. The lowest BCUT2D eigenvalue weighted by Crippen LogP contribution is -2.18. The van der Waals surface area contributed by atoms with Crippen LogP contribution in [-0.4, -0.2) is 11.6 Å². The maximum atomic E-state index is 12.1. The maximum absolute atomic E-state index is 12.1. The highest BCUT2D eigenvalue weighted by atomic mass is 19.3. The highest BCUT2D eigenvalue weighted by Crippen LogP contribution is 2.19. The fourth-order valence-corrected chi connectivity index (χ4v) is 2.01. The monoisotopic (exact) mass is 292 g/mol. The van der Waals surface area contributed by atoms with Gasteiger partial charge in [-0.15, -0.1) is 0 Å². The molecule has 0 radical (unpaired) electrons. The SMILES string of the molecule is Cc1cccc(CNC(C)c2ccc(OC(F)F)cc2)n1. The molecular weight excluding hydrogens is 274 g/mol. The van der Waals surface area contributed by atoms with Crippen molar-refractivity contribution in [3.63, 3.8) is 0 Å². The Kier molecular flexibility index (Phi) is 5.22. The number of aromatic nitrogens is 1. The standard InChI is InChI=1S/C16H18F2N2O/c1-11-4-3-5-14(20-11)10-19-12(2)13-6-8-15(9-7-13)21-16(17)18/h3-9,12,16,19H,10H2,1-2H3. The third-order valence-electron chi connectivity index (χ3n) is 3.14. The van der Waals surface area contributed by atoms with E-state index in [1.165, 1.54) is 0 Å². The molecule has 3 nitrogen and oxygen atoms in total. The number of benzene rings is 1. The van der Waals surface area contributed by atoms with Crippen LogP contribution >= 0.6 is 0 Å². The topological polar surface area (TPSA) is 34.1 Å². The Bertz CT molecular complexity index is 573. The molecule has 0 bridgehead atoms. The van der Waals surface area contributed by atoms with E-state index in [2.05, 4.69) is 15.0 Å². The molecule has 0 spiro atoms. The molecule has 0 amide bonds. The molecule has 0 aliphatic rings. The first-order valence-electron chi connectivity index (χ1n) is 6.75. The summed E-state index contributed by atoms with van der Waals surface area (Å²) in [6, 6.07) is 12.6. The Balaban J connectivity index is 1.92. The largest absolute Gasteiger partial charge is 0.435 e. The van der Waals surface area contributed by atoms with E-state index in [4.69, 9.17) is 0 Å². The van der Waals surface area contributed by atoms with E-state index in [9.17, 15) is 8.78 Å². The lowest BCUT2D eigenvalue weighted by molar-refractivity contribution is -0.0498. The summed E-state index contributed by atoms with van der Waals surface area (Å²) < 4.78 is 28.5. The van der Waals surface area contributed by atoms with Gasteiger partial charge in [0.2, 0.25) is 0 Å². The van der Waals surface area contributed by atoms with Crippen LogP contribution in [0.4, 0.5) is 8.78 Å². The van der Waals surface area contributed by atoms with Crippen molar-refractivity contribution >= 4 is 0 Å². The molecule has 1 aromatic heterocycles. The average Bonchev–Trinajstić information content (AvgIpc) is 2.45. The second-order valence-electron chi connectivity index (χ2n) is 4.82. The zero-order chi connectivity index (χ0) is 15.2. The van der Waals surface area contributed by atoms with Crippen molar-refractivity contribution in [2.75, 3.05) is 0 Å². The maximum Gasteiger partial charge on any atom is 0.387 e. The van der Waals surface area contributed by atoms with Crippen LogP contribution in [0.15, 0.2) is 42.5 Å². The van der Waals surface area contributed by atoms with Crippen molar-refractivity contribution in [1.82, 2.24) is 10.3 Å². The van der Waals surface area contributed by atoms with E-state index < -0.39 is 6.61 Å². The molecule has 1 unspecified atom stereocenters. The number of hydrogen-bond donors (Lipinski definition) is 1. The van der Waals surface area contributed by atoms with Gasteiger partial charge in [0.1, 0.15) is 5.75 Å². The number of hydrogen-bond acceptors (Lipinski definition) is 3. The number of nitrogens with one attached hydrogen (secondary N) is 1. The number of pyridine rings is 1. The van der Waals surface area contributed by atoms with Gasteiger partial charge >= 0.3 is 6.61 Å². The van der Waals surface area contributed by atoms with E-state index in [-0.39, 0.29) is 11.8 Å². The zero-order valence-electron chi connectivity index (χ0n) is 12.0. The van der Waals surface area contributed by atoms with Crippen molar-refractivity contribution < 1.29 is 13.5 Å². The summed E-state index contributed by atoms with van der Waals surface area (Å²) in [5.41, 5.74) is 2.96. The molecule has 1 heterocycles. The number of alkyl halides is 2. The number of ether oxygens (including phenoxy) is 1. The van der Waals surface area contributed by atoms with Gasteiger partial charge in [-0.1, -0.05) is 18.2 Å². The predicted octanol–water partition coefficient (Wildman–Crippen LogP) is 3.84. The molecular formula is C16H18F2N2O. The fraction of sp³-hybridized carbons (Fsp3) is 0.312. The van der Waals surface area contributed by atoms with Crippen molar-refractivity contribution in [3.8, 4) is 5.75 Å². The predicted molar refractivity (Wildman–Crippen MR) is 77.3 cm³/mol. The van der Waals surface area contributed by atoms with Crippen LogP contribution in [0.5, 0.6) is 5.75 Å². The second kappa shape index (κ2) is 7.13. The van der Waals surface area contributed by atoms with Gasteiger partial charge in [0, 0.05) is 18.3 Å². The third-order valence-corrected chi connectivity index (χ3v) is 3.14. The number of rotatable bonds is 6. The molecule has 0 saturated carbocycles. The first kappa shape index (κ1) is 15.4. The minimum absolute atomic E-state index is 0.0907. The van der Waals surface area contributed by atoms with Crippen LogP contribution in [0.3, 0.4) is 0 Å². The van der Waals surface area contributed by atoms with E-state index in [1.807, 2.05) is 32.0 Å². The van der Waals surface area contributed by atoms with Gasteiger partial charge in [0.25, 0.3) is 0 Å². The molecule has 21 heavy (non-hydrogen) atoms. The molecule has 112 valence electrons. The average molecular weight is 292 g/mol. The second-order valence-corrected chi connectivity index (χ2v) is 4.82. The van der Waals surface area contributed by atoms with Crippen LogP contribution in [0.1, 0.15) is 29.9 Å². The van der Waals surface area contributed by atoms with Crippen LogP contribution in [-0.2, 0) is 6.54 Å². The van der Waals surface area contributed by atoms with Crippen LogP contribution in [0.2, 0.25) is 0 Å². The first-order chi connectivity index (χ1) is 10.0. The molecule has 2 aromatic rings. The molecule has 1 aromatic carbocycles. The van der Waals surface area contributed by atoms with Gasteiger partial charge < -0.3 is 10.1 Å². The zero-order valence-corrected chi connectivity index (χ0v) is 12.0. The summed E-state index contributed by atoms with van der Waals surface area (Å²) in [7, 11) is 0. The molecule has 2 rings (SSSR count). The van der Waals surface area contributed by atoms with Gasteiger partial charge in [0.15, 0.2) is 0 Å². The lowest BCUT2D eigenvalue weighted by atomic mass is 10.1. The molecule has 1 atom stereocenters. The number of nitrogens with zero attached hydrogens (tertiary/aromatic N) is 1. The minimum Gasteiger partial charge on any atom is -0.435 e. The Labute approximate surface area is 123 Å². The minimum atomic E-state index is -2.79. The summed E-state index contributed by atoms with van der Waals surface area (Å²) in [6.07, 6.45) is 0. The number of halogens is 2. The van der Waals surface area contributed by atoms with Gasteiger partial charge in [-0.05, 0) is 43.7 Å². The van der Waals surface area contributed by atoms with Gasteiger partial charge in [-0.25, -0.2) is 0 Å². The molecule has 0 aliphatic carbocycles. The number of aryl methyl sites for hydroxylation is 1. The molecule has 0 saturated heterocycles. The van der Waals surface area contributed by atoms with Crippen molar-refractivity contribution in [1.29, 1.82) is 0 Å². The highest BCUT2D eigenvalue weighted by molar-refractivity contribution is 5.29. The highest BCUT2D eigenvalue weighted by Gasteiger charge is 2.08. The summed E-state index contributed by atoms with van der Waals surface area (Å²) in [6.45, 7) is 1.82. The summed E-state index contributed by atoms with van der Waals surface area (Å²) in [5, 5.41) is 3.35. The van der Waals surface area contributed by atoms with Gasteiger partial charge in [-0.3, -0.25) is 4.98 Å². The Hall–Kier alpha value is -2.01. The molecule has 1 N–H and O–H groups in total. The lowest BCUT2D eigenvalue weighted by Gasteiger charge is -2.15. The fourth-order valence-electron chi connectivity index (χ4n) is 2.01. The van der Waals surface area contributed by atoms with Crippen molar-refractivity contribution in [3.05, 3.63) is 59.4 Å². The molecule has 5 heteroatoms. The third kappa shape index (κ3) is 4.79. The van der Waals surface area contributed by atoms with Crippen LogP contribution < -0.4 is 10.1 Å². The quantitative estimate of drug-likeness (QED) is 0.878. The van der Waals surface area contributed by atoms with E-state index >= 15 is 0 Å². The summed E-state index contributed by atoms with van der Waals surface area (Å²) in [4.78, 5) is 4.42. The van der Waals surface area contributed by atoms with Crippen LogP contribution in [0, 0.1) is 6.92 Å². The first-order valence-corrected chi connectivity index (χ1v) is 6.75. The summed E-state index contributed by atoms with van der Waals surface area (Å²) >= 11 is 0. The van der Waals surface area contributed by atoms with Crippen LogP contribution in [0.25, 0.3) is 0 Å². The van der Waals surface area contributed by atoms with Crippen molar-refractivity contribution in [2.24, 2.45) is 0 Å². The van der Waals surface area contributed by atoms with E-state index in [0.717, 1.165) is 17.0 Å². The Morgan fingerprint density at radius 1 is 1.14 bits per heavy atom. The smallest absolute Gasteiger partial charge is 0.387 e. The van der Waals surface area contributed by atoms with Gasteiger partial charge in [-0.2, -0.15) is 8.78 Å². The van der Waals surface area contributed by atoms with E-state index in [0.29, 0.717) is 6.54 Å². The summed E-state index contributed by atoms with van der Waals surface area (Å²) in [5.74, 6) is 0.168.